The van der Waals surface area contributed by atoms with Crippen LogP contribution in [0.1, 0.15) is 173 Å². The van der Waals surface area contributed by atoms with Crippen molar-refractivity contribution in [3.8, 4) is 0 Å². The number of hydrogen-bond donors (Lipinski definition) is 11. The first-order chi connectivity index (χ1) is 61.5. The predicted octanol–water partition coefficient (Wildman–Crippen LogP) is 7.00. The van der Waals surface area contributed by atoms with Crippen molar-refractivity contribution >= 4 is 72.7 Å². The van der Waals surface area contributed by atoms with Gasteiger partial charge in [-0.2, -0.15) is 12.9 Å². The molecule has 0 heterocycles. The molecule has 0 saturated heterocycles. The number of likely N-dealkylation sites (N-methyl/N-ethyl adjacent to an activating group) is 3. The SMILES string of the molecule is C.C.C.CN[C@H](C(=O)NCCCC[C@@H](CO)N(CC(C)C)S(=O)(=O)c1ccc(N)c(F)c1)C(c1ccccc1)c1ccccc1.CN[C@H](C(=O)NCCCC[C@@H](CO)N(CC(C)C)S(=O)(=O)c1ccc(N)cc1)C(c1ccccc1)c1ccccc1.CN[C@H](C(=O)NCCCC[C@@H](COP(=O)([O-])[O-])N(CC(C)C)S(=O)(=O)c1ccc(N)c(F)c1)C(c1ccccc1)c1ccccc1.[Na+].[Na+]. The molecular weight excluding hydrogens is 1810 g/mol. The molecule has 0 aliphatic carbocycles. The molecule has 0 fully saturated rings. The molecular formula is C99H141F2N12Na2O15PS3. The average Bonchev–Trinajstić information content (AvgIpc) is 0.791. The molecule has 9 aromatic rings. The van der Waals surface area contributed by atoms with Crippen LogP contribution in [0, 0.1) is 29.4 Å². The average molecular weight is 1950 g/mol. The minimum absolute atomic E-state index is 0. The van der Waals surface area contributed by atoms with Crippen LogP contribution in [-0.4, -0.2) is 183 Å². The van der Waals surface area contributed by atoms with Crippen LogP contribution in [0.4, 0.5) is 25.8 Å². The van der Waals surface area contributed by atoms with Crippen molar-refractivity contribution in [2.45, 2.75) is 190 Å². The molecule has 0 saturated carbocycles. The summed E-state index contributed by atoms with van der Waals surface area (Å²) < 4.78 is 129. The Morgan fingerprint density at radius 1 is 0.388 bits per heavy atom. The van der Waals surface area contributed by atoms with Crippen LogP contribution < -0.4 is 118 Å². The van der Waals surface area contributed by atoms with Crippen molar-refractivity contribution in [2.75, 3.05) is 97.4 Å². The van der Waals surface area contributed by atoms with Gasteiger partial charge in [-0.15, -0.1) is 0 Å². The number of unbranched alkanes of at least 4 members (excludes halogenated alkanes) is 3. The number of halogens is 2. The van der Waals surface area contributed by atoms with E-state index in [1.165, 1.54) is 32.9 Å². The summed E-state index contributed by atoms with van der Waals surface area (Å²) in [5, 5.41) is 38.9. The molecule has 0 aliphatic heterocycles. The topological polar surface area (TPSA) is 426 Å². The normalized spacial score (nSPS) is 13.0. The summed E-state index contributed by atoms with van der Waals surface area (Å²) in [5.74, 6) is -2.96. The number of sulfonamides is 3. The molecule has 3 amide bonds. The smallest absolute Gasteiger partial charge is 0.790 e. The number of amides is 3. The number of phosphoric acid groups is 1. The second-order valence-corrected chi connectivity index (χ2v) is 39.8. The van der Waals surface area contributed by atoms with Gasteiger partial charge in [-0.05, 0) is 171 Å². The number of aliphatic hydroxyl groups excluding tert-OH is 2. The maximum absolute atomic E-state index is 14.2. The number of hydrogen-bond acceptors (Lipinski definition) is 21. The number of carbonyl (C=O) groups excluding carboxylic acids is 3. The zero-order valence-electron chi connectivity index (χ0n) is 77.0. The predicted molar refractivity (Wildman–Crippen MR) is 521 cm³/mol. The van der Waals surface area contributed by atoms with Crippen LogP contribution in [0.25, 0.3) is 0 Å². The molecule has 6 atom stereocenters. The molecule has 35 heteroatoms. The number of anilines is 3. The Morgan fingerprint density at radius 2 is 0.627 bits per heavy atom. The summed E-state index contributed by atoms with van der Waals surface area (Å²) in [6.45, 7) is 11.3. The fourth-order valence-electron chi connectivity index (χ4n) is 15.5. The van der Waals surface area contributed by atoms with Crippen LogP contribution in [0.2, 0.25) is 0 Å². The van der Waals surface area contributed by atoms with Gasteiger partial charge in [0.15, 0.2) is 0 Å². The van der Waals surface area contributed by atoms with E-state index in [1.807, 2.05) is 210 Å². The van der Waals surface area contributed by atoms with Crippen LogP contribution in [0.3, 0.4) is 0 Å². The van der Waals surface area contributed by atoms with E-state index in [2.05, 4.69) is 36.4 Å². The van der Waals surface area contributed by atoms with E-state index in [-0.39, 0.29) is 200 Å². The second kappa shape index (κ2) is 61.6. The zero-order chi connectivity index (χ0) is 94.4. The number of rotatable bonds is 50. The maximum atomic E-state index is 14.2. The number of nitrogens with one attached hydrogen (secondary N) is 6. The van der Waals surface area contributed by atoms with Crippen molar-refractivity contribution in [1.29, 1.82) is 0 Å². The number of nitrogens with two attached hydrogens (primary N) is 3. The van der Waals surface area contributed by atoms with Crippen molar-refractivity contribution in [3.05, 3.63) is 288 Å². The third-order valence-corrected chi connectivity index (χ3v) is 28.1. The number of carbonyl (C=O) groups is 3. The molecule has 0 spiro atoms. The molecule has 0 aliphatic rings. The Hall–Kier alpha value is -7.71. The van der Waals surface area contributed by atoms with Gasteiger partial charge < -0.3 is 78.2 Å². The molecule has 9 rings (SSSR count). The minimum atomic E-state index is -5.43. The molecule has 0 radical (unpaired) electrons. The van der Waals surface area contributed by atoms with Gasteiger partial charge in [-0.25, -0.2) is 34.0 Å². The van der Waals surface area contributed by atoms with Gasteiger partial charge in [0.2, 0.25) is 47.8 Å². The van der Waals surface area contributed by atoms with E-state index in [1.54, 1.807) is 47.1 Å². The maximum Gasteiger partial charge on any atom is 1.00 e. The largest absolute Gasteiger partial charge is 1.00 e. The number of aliphatic hydroxyl groups is 2. The number of nitrogen functional groups attached to an aromatic ring is 3. The first-order valence-corrected chi connectivity index (χ1v) is 49.3. The van der Waals surface area contributed by atoms with Crippen LogP contribution in [0.5, 0.6) is 0 Å². The van der Waals surface area contributed by atoms with E-state index < -0.39 is 92.4 Å². The second-order valence-electron chi connectivity index (χ2n) is 33.0. The van der Waals surface area contributed by atoms with Crippen molar-refractivity contribution in [1.82, 2.24) is 44.8 Å². The number of nitrogens with zero attached hydrogens (tertiary/aromatic N) is 3. The molecule has 134 heavy (non-hydrogen) atoms. The Bertz CT molecular complexity index is 5170. The van der Waals surface area contributed by atoms with Crippen molar-refractivity contribution < 1.29 is 137 Å². The van der Waals surface area contributed by atoms with E-state index in [4.69, 9.17) is 17.2 Å². The van der Waals surface area contributed by atoms with E-state index in [0.717, 1.165) is 62.0 Å². The Morgan fingerprint density at radius 3 is 0.858 bits per heavy atom. The van der Waals surface area contributed by atoms with Crippen molar-refractivity contribution in [3.63, 3.8) is 0 Å². The quantitative estimate of drug-likeness (QED) is 0.00791. The van der Waals surface area contributed by atoms with E-state index in [9.17, 15) is 73.0 Å². The summed E-state index contributed by atoms with van der Waals surface area (Å²) in [7, 11) is -12.4. The summed E-state index contributed by atoms with van der Waals surface area (Å²) in [6, 6.07) is 67.8. The first kappa shape index (κ1) is 122. The molecule has 0 bridgehead atoms. The molecule has 0 unspecified atom stereocenters. The molecule has 27 nitrogen and oxygen atoms in total. The zero-order valence-corrected chi connectivity index (χ0v) is 84.3. The molecule has 726 valence electrons. The third-order valence-electron chi connectivity index (χ3n) is 21.9. The number of phosphoric ester groups is 1. The van der Waals surface area contributed by atoms with E-state index in [0.29, 0.717) is 76.7 Å². The fraction of sp³-hybridized carbons (Fsp3) is 0.424. The van der Waals surface area contributed by atoms with E-state index >= 15 is 0 Å². The Balaban J connectivity index is 0.000000669. The fourth-order valence-corrected chi connectivity index (χ4v) is 21.3. The van der Waals surface area contributed by atoms with Gasteiger partial charge >= 0.3 is 59.1 Å². The van der Waals surface area contributed by atoms with Gasteiger partial charge in [0.1, 0.15) is 11.6 Å². The van der Waals surface area contributed by atoms with Crippen molar-refractivity contribution in [2.24, 2.45) is 17.8 Å². The molecule has 9 aromatic carbocycles. The summed E-state index contributed by atoms with van der Waals surface area (Å²) in [6.07, 6.45) is 4.16. The Kier molecular flexibility index (Phi) is 56.2. The molecule has 14 N–H and O–H groups in total. The third kappa shape index (κ3) is 37.6. The van der Waals surface area contributed by atoms with Gasteiger partial charge in [-0.3, -0.25) is 14.4 Å². The first-order valence-electron chi connectivity index (χ1n) is 43.6. The standard InChI is InChI=1S/C32H44FN4O7PS.C32H43FN4O4S.C32H44N4O4S.3CH4.2Na/c1-23(2)21-37(46(42,43)27-17-18-29(34)28(33)20-27)26(22-44-45(39,40)41)16-10-11-19-36-32(38)31(35-3)30(24-12-6-4-7-13-24)25-14-8-5-9-15-25;1-23(2)21-37(42(40,41)27-17-18-29(34)28(33)20-27)26(22-38)16-10-11-19-36-32(39)31(35-3)30(24-12-6-4-7-13-24)25-14-8-5-9-15-25;1-24(2)22-36(41(39,40)29-19-17-27(33)18-20-29)28(23-37)16-10-11-21-35-32(38)31(34-3)30(25-12-6-4-7-13-25)26-14-8-5-9-15-26;;;;;/h4-9,12-15,17-18,20,23,26,30-31,35H,10-11,16,19,21-22,34H2,1-3H3,(H,36,38)(H2,39,40,41);4-9,12-15,17-18,20,23,26,30-31,35,38H,10-11,16,19,21-22,34H2,1-3H3,(H,36,39);4-9,12-15,17-20,24,28,30-31,34,37H,10-11,16,21-23,33H2,1-3H3,(H,35,38);3*1H4;;/q;;;;;;2*+1/p-2/t2*26-,31-;28-,31-;;;;;/m000...../s1. The van der Waals surface area contributed by atoms with Gasteiger partial charge in [0.05, 0.1) is 71.8 Å². The molecule has 0 aromatic heterocycles. The summed E-state index contributed by atoms with van der Waals surface area (Å²) >= 11 is 0. The van der Waals surface area contributed by atoms with Gasteiger partial charge in [-0.1, -0.05) is 265 Å². The van der Waals surface area contributed by atoms with Crippen LogP contribution in [0.15, 0.2) is 257 Å². The Labute approximate surface area is 840 Å². The minimum Gasteiger partial charge on any atom is -0.790 e. The summed E-state index contributed by atoms with van der Waals surface area (Å²) in [4.78, 5) is 62.4. The monoisotopic (exact) mass is 1950 g/mol. The van der Waals surface area contributed by atoms with Crippen LogP contribution in [-0.2, 0) is 53.5 Å². The van der Waals surface area contributed by atoms with Gasteiger partial charge in [0.25, 0.3) is 0 Å². The summed E-state index contributed by atoms with van der Waals surface area (Å²) in [5.41, 5.74) is 23.0. The van der Waals surface area contributed by atoms with Gasteiger partial charge in [0, 0.05) is 80.8 Å². The number of benzene rings is 9. The van der Waals surface area contributed by atoms with Crippen LogP contribution >= 0.6 is 7.82 Å².